The predicted molar refractivity (Wildman–Crippen MR) is 123 cm³/mol. The van der Waals surface area contributed by atoms with Crippen LogP contribution >= 0.6 is 0 Å². The molecule has 0 aliphatic heterocycles. The fraction of sp³-hybridized carbons (Fsp3) is 0.522. The molecule has 0 bridgehead atoms. The molecule has 0 saturated heterocycles. The highest BCUT2D eigenvalue weighted by Crippen LogP contribution is 2.38. The minimum absolute atomic E-state index is 0.00758. The molecule has 1 atom stereocenters. The minimum Gasteiger partial charge on any atom is -0.466 e. The van der Waals surface area contributed by atoms with E-state index in [2.05, 4.69) is 26.1 Å². The van der Waals surface area contributed by atoms with Crippen molar-refractivity contribution in [2.24, 2.45) is 0 Å². The average Bonchev–Trinajstić information content (AvgIpc) is 2.71. The van der Waals surface area contributed by atoms with Gasteiger partial charge in [-0.15, -0.1) is 0 Å². The van der Waals surface area contributed by atoms with Gasteiger partial charge >= 0.3 is 18.0 Å². The Balaban J connectivity index is 3.27. The summed E-state index contributed by atoms with van der Waals surface area (Å²) in [4.78, 5) is 37.8. The Morgan fingerprint density at radius 3 is 2.12 bits per heavy atom. The molecule has 1 amide bonds. The van der Waals surface area contributed by atoms with Gasteiger partial charge in [0.05, 0.1) is 25.4 Å². The van der Waals surface area contributed by atoms with Crippen LogP contribution in [-0.2, 0) is 34.8 Å². The maximum atomic E-state index is 12.7. The van der Waals surface area contributed by atoms with Crippen molar-refractivity contribution in [1.82, 2.24) is 5.32 Å². The first-order valence-corrected chi connectivity index (χ1v) is 13.4. The van der Waals surface area contributed by atoms with E-state index in [0.29, 0.717) is 0 Å². The second-order valence-electron chi connectivity index (χ2n) is 8.71. The van der Waals surface area contributed by atoms with Crippen LogP contribution in [0, 0.1) is 0 Å². The quantitative estimate of drug-likeness (QED) is 0.251. The molecule has 1 aromatic carbocycles. The van der Waals surface area contributed by atoms with Gasteiger partial charge in [0.15, 0.2) is 8.32 Å². The van der Waals surface area contributed by atoms with E-state index >= 15 is 0 Å². The Morgan fingerprint density at radius 1 is 1.03 bits per heavy atom. The van der Waals surface area contributed by atoms with Crippen molar-refractivity contribution in [2.75, 3.05) is 13.7 Å². The van der Waals surface area contributed by atoms with Crippen LogP contribution < -0.4 is 5.32 Å². The summed E-state index contributed by atoms with van der Waals surface area (Å²) < 4.78 is 21.5. The van der Waals surface area contributed by atoms with Gasteiger partial charge in [0.2, 0.25) is 0 Å². The number of esters is 2. The number of alkyl carbamates (subject to hydrolysis) is 1. The number of amides is 1. The van der Waals surface area contributed by atoms with Crippen molar-refractivity contribution in [2.45, 2.75) is 65.5 Å². The first-order valence-electron chi connectivity index (χ1n) is 10.5. The highest BCUT2D eigenvalue weighted by Gasteiger charge is 2.41. The van der Waals surface area contributed by atoms with Gasteiger partial charge in [0, 0.05) is 0 Å². The number of benzene rings is 1. The first-order chi connectivity index (χ1) is 14.8. The molecule has 178 valence electrons. The van der Waals surface area contributed by atoms with Crippen molar-refractivity contribution < 1.29 is 33.0 Å². The van der Waals surface area contributed by atoms with Crippen LogP contribution in [0.25, 0.3) is 0 Å². The standard InChI is InChI=1S/C23H35NO7Si/c1-9-29-21(26)19(24-22(27)30-15-17-13-11-10-12-14-17)18(20(25)28-6)16(2)31-32(7,8)23(3,4)5/h10-14,16H,9,15H2,1-8H3,(H,24,27)/b19-18-/t16-/m0/s1. The lowest BCUT2D eigenvalue weighted by molar-refractivity contribution is -0.141. The van der Waals surface area contributed by atoms with E-state index in [1.165, 1.54) is 7.11 Å². The average molecular weight is 466 g/mol. The van der Waals surface area contributed by atoms with Crippen molar-refractivity contribution in [3.8, 4) is 0 Å². The van der Waals surface area contributed by atoms with Gasteiger partial charge in [-0.05, 0) is 37.5 Å². The Labute approximate surface area is 191 Å². The molecule has 0 saturated carbocycles. The molecule has 0 spiro atoms. The lowest BCUT2D eigenvalue weighted by Gasteiger charge is -2.38. The second-order valence-corrected chi connectivity index (χ2v) is 13.5. The van der Waals surface area contributed by atoms with Crippen molar-refractivity contribution in [3.05, 3.63) is 47.2 Å². The van der Waals surface area contributed by atoms with E-state index in [-0.39, 0.29) is 29.5 Å². The molecule has 1 N–H and O–H groups in total. The van der Waals surface area contributed by atoms with E-state index < -0.39 is 32.5 Å². The van der Waals surface area contributed by atoms with Gasteiger partial charge in [-0.25, -0.2) is 14.4 Å². The third kappa shape index (κ3) is 7.80. The smallest absolute Gasteiger partial charge is 0.412 e. The number of hydrogen-bond donors (Lipinski definition) is 1. The molecule has 8 nitrogen and oxygen atoms in total. The molecule has 1 aromatic rings. The molecule has 32 heavy (non-hydrogen) atoms. The van der Waals surface area contributed by atoms with E-state index in [9.17, 15) is 14.4 Å². The SMILES string of the molecule is CCOC(=O)/C(NC(=O)OCc1ccccc1)=C(/C(=O)OC)[C@H](C)O[Si](C)(C)C(C)(C)C. The van der Waals surface area contributed by atoms with Gasteiger partial charge in [0.1, 0.15) is 12.3 Å². The normalized spacial score (nSPS) is 13.5. The zero-order valence-corrected chi connectivity index (χ0v) is 21.2. The summed E-state index contributed by atoms with van der Waals surface area (Å²) in [6.07, 6.45) is -1.74. The zero-order valence-electron chi connectivity index (χ0n) is 20.2. The van der Waals surface area contributed by atoms with E-state index in [1.807, 2.05) is 31.3 Å². The topological polar surface area (TPSA) is 100 Å². The summed E-state index contributed by atoms with van der Waals surface area (Å²) in [5, 5.41) is 2.23. The largest absolute Gasteiger partial charge is 0.466 e. The maximum Gasteiger partial charge on any atom is 0.412 e. The Bertz CT molecular complexity index is 828. The Morgan fingerprint density at radius 2 is 1.62 bits per heavy atom. The summed E-state index contributed by atoms with van der Waals surface area (Å²) in [5.41, 5.74) is 0.280. The summed E-state index contributed by atoms with van der Waals surface area (Å²) in [6, 6.07) is 9.07. The van der Waals surface area contributed by atoms with Gasteiger partial charge in [-0.2, -0.15) is 0 Å². The first kappa shape index (κ1) is 27.4. The molecule has 0 unspecified atom stereocenters. The number of nitrogens with one attached hydrogen (secondary N) is 1. The number of methoxy groups -OCH3 is 1. The van der Waals surface area contributed by atoms with Crippen molar-refractivity contribution >= 4 is 26.3 Å². The molecular weight excluding hydrogens is 430 g/mol. The third-order valence-corrected chi connectivity index (χ3v) is 9.83. The van der Waals surface area contributed by atoms with Crippen LogP contribution in [0.4, 0.5) is 4.79 Å². The second kappa shape index (κ2) is 11.8. The monoisotopic (exact) mass is 465 g/mol. The number of rotatable bonds is 9. The van der Waals surface area contributed by atoms with Gasteiger partial charge in [-0.1, -0.05) is 51.1 Å². The highest BCUT2D eigenvalue weighted by molar-refractivity contribution is 6.74. The van der Waals surface area contributed by atoms with Gasteiger partial charge < -0.3 is 18.6 Å². The molecule has 9 heteroatoms. The maximum absolute atomic E-state index is 12.7. The van der Waals surface area contributed by atoms with Crippen LogP contribution in [0.3, 0.4) is 0 Å². The summed E-state index contributed by atoms with van der Waals surface area (Å²) in [5.74, 6) is -1.68. The summed E-state index contributed by atoms with van der Waals surface area (Å²) in [7, 11) is -1.13. The summed E-state index contributed by atoms with van der Waals surface area (Å²) >= 11 is 0. The Kier molecular flexibility index (Phi) is 10.1. The molecular formula is C23H35NO7Si. The number of carbonyl (C=O) groups excluding carboxylic acids is 3. The van der Waals surface area contributed by atoms with Gasteiger partial charge in [0.25, 0.3) is 0 Å². The molecule has 0 aliphatic rings. The van der Waals surface area contributed by atoms with Crippen LogP contribution in [0.2, 0.25) is 18.1 Å². The molecule has 1 rings (SSSR count). The number of carbonyl (C=O) groups is 3. The fourth-order valence-electron chi connectivity index (χ4n) is 2.55. The number of ether oxygens (including phenoxy) is 3. The van der Waals surface area contributed by atoms with Crippen molar-refractivity contribution in [3.63, 3.8) is 0 Å². The Hall–Kier alpha value is -2.65. The molecule has 0 aliphatic carbocycles. The van der Waals surface area contributed by atoms with Crippen LogP contribution in [0.5, 0.6) is 0 Å². The predicted octanol–water partition coefficient (Wildman–Crippen LogP) is 4.31. The van der Waals surface area contributed by atoms with Gasteiger partial charge in [-0.3, -0.25) is 5.32 Å². The molecule has 0 heterocycles. The molecule has 0 radical (unpaired) electrons. The lowest BCUT2D eigenvalue weighted by atomic mass is 10.1. The molecule has 0 fully saturated rings. The van der Waals surface area contributed by atoms with E-state index in [1.54, 1.807) is 26.0 Å². The summed E-state index contributed by atoms with van der Waals surface area (Å²) in [6.45, 7) is 13.5. The van der Waals surface area contributed by atoms with Crippen molar-refractivity contribution in [1.29, 1.82) is 0 Å². The number of hydrogen-bond acceptors (Lipinski definition) is 7. The van der Waals surface area contributed by atoms with Crippen LogP contribution in [0.15, 0.2) is 41.6 Å². The minimum atomic E-state index is -2.33. The lowest BCUT2D eigenvalue weighted by Crippen LogP contribution is -2.45. The van der Waals surface area contributed by atoms with Crippen LogP contribution in [0.1, 0.15) is 40.2 Å². The molecule has 0 aromatic heterocycles. The van der Waals surface area contributed by atoms with E-state index in [4.69, 9.17) is 18.6 Å². The van der Waals surface area contributed by atoms with E-state index in [0.717, 1.165) is 5.56 Å². The zero-order chi connectivity index (χ0) is 24.5. The highest BCUT2D eigenvalue weighted by atomic mass is 28.4. The third-order valence-electron chi connectivity index (χ3n) is 5.28. The van der Waals surface area contributed by atoms with Crippen LogP contribution in [-0.4, -0.2) is 46.2 Å². The fourth-order valence-corrected chi connectivity index (χ4v) is 3.91.